The van der Waals surface area contributed by atoms with Gasteiger partial charge < -0.3 is 9.67 Å². The SMILES string of the molecule is CC(C)n1cc(S(=O)(=O)NCC2(C)CC2)cc1C(=O)O. The van der Waals surface area contributed by atoms with Crippen molar-refractivity contribution in [1.29, 1.82) is 0 Å². The fourth-order valence-corrected chi connectivity index (χ4v) is 3.17. The Morgan fingerprint density at radius 3 is 2.50 bits per heavy atom. The van der Waals surface area contributed by atoms with E-state index in [2.05, 4.69) is 4.72 Å². The number of sulfonamides is 1. The first-order valence-corrected chi connectivity index (χ1v) is 8.08. The summed E-state index contributed by atoms with van der Waals surface area (Å²) < 4.78 is 28.4. The molecule has 6 nitrogen and oxygen atoms in total. The van der Waals surface area contributed by atoms with Crippen LogP contribution in [0.25, 0.3) is 0 Å². The summed E-state index contributed by atoms with van der Waals surface area (Å²) in [6.45, 7) is 6.03. The second kappa shape index (κ2) is 4.89. The molecule has 2 N–H and O–H groups in total. The zero-order valence-corrected chi connectivity index (χ0v) is 12.7. The van der Waals surface area contributed by atoms with E-state index in [1.807, 2.05) is 20.8 Å². The van der Waals surface area contributed by atoms with E-state index in [1.165, 1.54) is 16.8 Å². The minimum atomic E-state index is -3.66. The molecular formula is C13H20N2O4S. The molecule has 7 heteroatoms. The van der Waals surface area contributed by atoms with Crippen molar-refractivity contribution in [2.75, 3.05) is 6.54 Å². The molecule has 0 atom stereocenters. The molecule has 0 bridgehead atoms. The maximum Gasteiger partial charge on any atom is 0.352 e. The van der Waals surface area contributed by atoms with Gasteiger partial charge in [-0.3, -0.25) is 0 Å². The average molecular weight is 300 g/mol. The van der Waals surface area contributed by atoms with Crippen molar-refractivity contribution < 1.29 is 18.3 Å². The molecule has 0 aromatic carbocycles. The van der Waals surface area contributed by atoms with Crippen LogP contribution in [0.1, 0.15) is 50.1 Å². The highest BCUT2D eigenvalue weighted by Crippen LogP contribution is 2.44. The van der Waals surface area contributed by atoms with Gasteiger partial charge in [0.25, 0.3) is 0 Å². The van der Waals surface area contributed by atoms with Gasteiger partial charge in [0.15, 0.2) is 0 Å². The smallest absolute Gasteiger partial charge is 0.352 e. The molecule has 1 heterocycles. The van der Waals surface area contributed by atoms with Gasteiger partial charge in [0.2, 0.25) is 10.0 Å². The predicted molar refractivity (Wildman–Crippen MR) is 74.3 cm³/mol. The van der Waals surface area contributed by atoms with Crippen molar-refractivity contribution in [3.05, 3.63) is 18.0 Å². The van der Waals surface area contributed by atoms with Gasteiger partial charge >= 0.3 is 5.97 Å². The summed E-state index contributed by atoms with van der Waals surface area (Å²) in [4.78, 5) is 11.2. The van der Waals surface area contributed by atoms with E-state index in [0.717, 1.165) is 12.8 Å². The Balaban J connectivity index is 2.27. The zero-order chi connectivity index (χ0) is 15.1. The highest BCUT2D eigenvalue weighted by atomic mass is 32.2. The van der Waals surface area contributed by atoms with Crippen molar-refractivity contribution in [2.45, 2.75) is 44.6 Å². The number of hydrogen-bond acceptors (Lipinski definition) is 3. The van der Waals surface area contributed by atoms with Crippen LogP contribution >= 0.6 is 0 Å². The van der Waals surface area contributed by atoms with Crippen molar-refractivity contribution in [3.63, 3.8) is 0 Å². The number of aromatic carboxylic acids is 1. The summed E-state index contributed by atoms with van der Waals surface area (Å²) in [6, 6.07) is 1.09. The van der Waals surface area contributed by atoms with Crippen LogP contribution in [0.2, 0.25) is 0 Å². The van der Waals surface area contributed by atoms with E-state index in [4.69, 9.17) is 5.11 Å². The van der Waals surface area contributed by atoms with Gasteiger partial charge in [0, 0.05) is 18.8 Å². The molecule has 112 valence electrons. The Morgan fingerprint density at radius 2 is 2.10 bits per heavy atom. The van der Waals surface area contributed by atoms with Crippen LogP contribution in [0.15, 0.2) is 17.2 Å². The van der Waals surface area contributed by atoms with Crippen molar-refractivity contribution in [3.8, 4) is 0 Å². The highest BCUT2D eigenvalue weighted by Gasteiger charge is 2.38. The largest absolute Gasteiger partial charge is 0.477 e. The number of aromatic nitrogens is 1. The van der Waals surface area contributed by atoms with Crippen molar-refractivity contribution in [1.82, 2.24) is 9.29 Å². The fourth-order valence-electron chi connectivity index (χ4n) is 1.94. The molecule has 1 aliphatic rings. The summed E-state index contributed by atoms with van der Waals surface area (Å²) in [5.74, 6) is -1.13. The summed E-state index contributed by atoms with van der Waals surface area (Å²) in [5.41, 5.74) is 0.0431. The fraction of sp³-hybridized carbons (Fsp3) is 0.615. The summed E-state index contributed by atoms with van der Waals surface area (Å²) in [6.07, 6.45) is 3.41. The maximum absolute atomic E-state index is 12.2. The van der Waals surface area contributed by atoms with Crippen LogP contribution < -0.4 is 4.72 Å². The van der Waals surface area contributed by atoms with Crippen LogP contribution in [0, 0.1) is 5.41 Å². The van der Waals surface area contributed by atoms with Crippen LogP contribution in [0.4, 0.5) is 0 Å². The molecule has 1 aliphatic carbocycles. The lowest BCUT2D eigenvalue weighted by Crippen LogP contribution is -2.28. The van der Waals surface area contributed by atoms with Crippen molar-refractivity contribution >= 4 is 16.0 Å². The Morgan fingerprint density at radius 1 is 1.50 bits per heavy atom. The predicted octanol–water partition coefficient (Wildman–Crippen LogP) is 1.85. The van der Waals surface area contributed by atoms with E-state index in [9.17, 15) is 13.2 Å². The minimum absolute atomic E-state index is 0.00727. The quantitative estimate of drug-likeness (QED) is 0.839. The molecule has 1 saturated carbocycles. The normalized spacial score (nSPS) is 17.4. The Labute approximate surface area is 118 Å². The number of nitrogens with zero attached hydrogens (tertiary/aromatic N) is 1. The number of nitrogens with one attached hydrogen (secondary N) is 1. The third-order valence-electron chi connectivity index (χ3n) is 3.70. The first-order chi connectivity index (χ1) is 9.15. The van der Waals surface area contributed by atoms with Gasteiger partial charge in [-0.15, -0.1) is 0 Å². The molecule has 0 amide bonds. The highest BCUT2D eigenvalue weighted by molar-refractivity contribution is 7.89. The minimum Gasteiger partial charge on any atom is -0.477 e. The van der Waals surface area contributed by atoms with Gasteiger partial charge in [-0.05, 0) is 38.2 Å². The number of carboxylic acid groups (broad SMARTS) is 1. The maximum atomic E-state index is 12.2. The van der Waals surface area contributed by atoms with Gasteiger partial charge in [-0.2, -0.15) is 0 Å². The molecule has 2 rings (SSSR count). The third kappa shape index (κ3) is 3.04. The number of carboxylic acids is 1. The molecule has 0 saturated heterocycles. The second-order valence-electron chi connectivity index (χ2n) is 6.00. The molecule has 1 aromatic rings. The first kappa shape index (κ1) is 15.1. The van der Waals surface area contributed by atoms with E-state index >= 15 is 0 Å². The summed E-state index contributed by atoms with van der Waals surface area (Å²) in [7, 11) is -3.66. The number of rotatable bonds is 6. The Hall–Kier alpha value is -1.34. The molecule has 20 heavy (non-hydrogen) atoms. The van der Waals surface area contributed by atoms with Crippen LogP contribution in [-0.2, 0) is 10.0 Å². The number of hydrogen-bond donors (Lipinski definition) is 2. The zero-order valence-electron chi connectivity index (χ0n) is 11.9. The lowest BCUT2D eigenvalue weighted by atomic mass is 10.2. The van der Waals surface area contributed by atoms with E-state index < -0.39 is 16.0 Å². The lowest BCUT2D eigenvalue weighted by Gasteiger charge is -2.10. The van der Waals surface area contributed by atoms with Crippen LogP contribution in [0.5, 0.6) is 0 Å². The Kier molecular flexibility index (Phi) is 3.68. The van der Waals surface area contributed by atoms with Crippen LogP contribution in [-0.4, -0.2) is 30.6 Å². The number of carbonyl (C=O) groups is 1. The van der Waals surface area contributed by atoms with Crippen molar-refractivity contribution in [2.24, 2.45) is 5.41 Å². The van der Waals surface area contributed by atoms with Gasteiger partial charge in [-0.1, -0.05) is 6.92 Å². The molecular weight excluding hydrogens is 280 g/mol. The van der Waals surface area contributed by atoms with Gasteiger partial charge in [-0.25, -0.2) is 17.9 Å². The monoisotopic (exact) mass is 300 g/mol. The molecule has 1 fully saturated rings. The average Bonchev–Trinajstić information content (AvgIpc) is 2.91. The lowest BCUT2D eigenvalue weighted by molar-refractivity contribution is 0.0683. The standard InChI is InChI=1S/C13H20N2O4S/c1-9(2)15-7-10(6-11(15)12(16)17)20(18,19)14-8-13(3)4-5-13/h6-7,9,14H,4-5,8H2,1-3H3,(H,16,17). The van der Waals surface area contributed by atoms with E-state index in [-0.39, 0.29) is 22.0 Å². The molecule has 0 unspecified atom stereocenters. The van der Waals surface area contributed by atoms with E-state index in [1.54, 1.807) is 0 Å². The first-order valence-electron chi connectivity index (χ1n) is 6.59. The van der Waals surface area contributed by atoms with E-state index in [0.29, 0.717) is 6.54 Å². The topological polar surface area (TPSA) is 88.4 Å². The second-order valence-corrected chi connectivity index (χ2v) is 7.77. The van der Waals surface area contributed by atoms with Gasteiger partial charge in [0.1, 0.15) is 10.6 Å². The van der Waals surface area contributed by atoms with Gasteiger partial charge in [0.05, 0.1) is 0 Å². The summed E-state index contributed by atoms with van der Waals surface area (Å²) >= 11 is 0. The molecule has 0 aliphatic heterocycles. The molecule has 0 spiro atoms. The Bertz CT molecular complexity index is 627. The third-order valence-corrected chi connectivity index (χ3v) is 5.07. The summed E-state index contributed by atoms with van der Waals surface area (Å²) in [5, 5.41) is 9.13. The molecule has 0 radical (unpaired) electrons. The molecule has 1 aromatic heterocycles. The van der Waals surface area contributed by atoms with Crippen LogP contribution in [0.3, 0.4) is 0 Å².